The van der Waals surface area contributed by atoms with E-state index >= 15 is 0 Å². The van der Waals surface area contributed by atoms with Crippen molar-refractivity contribution in [3.63, 3.8) is 0 Å². The van der Waals surface area contributed by atoms with Crippen molar-refractivity contribution in [2.75, 3.05) is 0 Å². The largest absolute Gasteiger partial charge is 0.432 e. The minimum Gasteiger partial charge on any atom is -0.432 e. The van der Waals surface area contributed by atoms with E-state index in [1.54, 1.807) is 6.92 Å². The van der Waals surface area contributed by atoms with E-state index in [2.05, 4.69) is 0 Å². The Balaban J connectivity index is 2.80. The van der Waals surface area contributed by atoms with Gasteiger partial charge in [-0.05, 0) is 25.5 Å². The molecular weight excluding hydrogens is 176 g/mol. The van der Waals surface area contributed by atoms with Crippen molar-refractivity contribution in [1.29, 1.82) is 0 Å². The molecule has 1 aromatic carbocycles. The molecule has 0 radical (unpaired) electrons. The highest BCUT2D eigenvalue weighted by atomic mass is 16.5. The zero-order chi connectivity index (χ0) is 10.6. The smallest absolute Gasteiger partial charge is 0.307 e. The van der Waals surface area contributed by atoms with Crippen LogP contribution in [0, 0.1) is 6.92 Å². The standard InChI is InChI=1S/C12H14O2/c1-9-5-4-6-12(7-9)8-10(2)14-11(3)13/h4-8H,1-3H3/b10-8+. The van der Waals surface area contributed by atoms with Gasteiger partial charge in [-0.2, -0.15) is 0 Å². The summed E-state index contributed by atoms with van der Waals surface area (Å²) >= 11 is 0. The molecule has 0 atom stereocenters. The highest BCUT2D eigenvalue weighted by Gasteiger charge is 1.95. The van der Waals surface area contributed by atoms with E-state index < -0.39 is 0 Å². The third-order valence-corrected chi connectivity index (χ3v) is 1.72. The molecule has 0 aliphatic heterocycles. The second kappa shape index (κ2) is 4.61. The number of ether oxygens (including phenoxy) is 1. The molecule has 0 unspecified atom stereocenters. The first kappa shape index (κ1) is 10.5. The van der Waals surface area contributed by atoms with E-state index in [4.69, 9.17) is 4.74 Å². The van der Waals surface area contributed by atoms with Gasteiger partial charge in [0.15, 0.2) is 0 Å². The number of hydrogen-bond acceptors (Lipinski definition) is 2. The lowest BCUT2D eigenvalue weighted by Crippen LogP contribution is -1.95. The Hall–Kier alpha value is -1.57. The Labute approximate surface area is 84.2 Å². The van der Waals surface area contributed by atoms with E-state index in [9.17, 15) is 4.79 Å². The second-order valence-electron chi connectivity index (χ2n) is 3.26. The van der Waals surface area contributed by atoms with Gasteiger partial charge < -0.3 is 4.74 Å². The Morgan fingerprint density at radius 2 is 2.07 bits per heavy atom. The van der Waals surface area contributed by atoms with Crippen LogP contribution in [-0.4, -0.2) is 5.97 Å². The number of rotatable bonds is 2. The van der Waals surface area contributed by atoms with Gasteiger partial charge in [-0.25, -0.2) is 0 Å². The molecule has 0 saturated carbocycles. The summed E-state index contributed by atoms with van der Waals surface area (Å²) in [5.41, 5.74) is 2.23. The summed E-state index contributed by atoms with van der Waals surface area (Å²) < 4.78 is 4.92. The van der Waals surface area contributed by atoms with Crippen LogP contribution >= 0.6 is 0 Å². The van der Waals surface area contributed by atoms with Crippen molar-refractivity contribution in [1.82, 2.24) is 0 Å². The maximum atomic E-state index is 10.6. The van der Waals surface area contributed by atoms with E-state index in [0.717, 1.165) is 5.56 Å². The van der Waals surface area contributed by atoms with E-state index in [-0.39, 0.29) is 5.97 Å². The third-order valence-electron chi connectivity index (χ3n) is 1.72. The van der Waals surface area contributed by atoms with Crippen molar-refractivity contribution >= 4 is 12.0 Å². The fraction of sp³-hybridized carbons (Fsp3) is 0.250. The average molecular weight is 190 g/mol. The second-order valence-corrected chi connectivity index (χ2v) is 3.26. The molecule has 14 heavy (non-hydrogen) atoms. The van der Waals surface area contributed by atoms with E-state index in [0.29, 0.717) is 5.76 Å². The number of benzene rings is 1. The molecule has 0 spiro atoms. The molecule has 0 amide bonds. The van der Waals surface area contributed by atoms with Gasteiger partial charge in [-0.15, -0.1) is 0 Å². The number of aryl methyl sites for hydroxylation is 1. The molecule has 0 bridgehead atoms. The van der Waals surface area contributed by atoms with Crippen molar-refractivity contribution in [2.45, 2.75) is 20.8 Å². The molecule has 0 saturated heterocycles. The van der Waals surface area contributed by atoms with Gasteiger partial charge in [0.1, 0.15) is 5.76 Å². The Bertz CT molecular complexity index is 364. The Kier molecular flexibility index (Phi) is 3.46. The molecule has 0 heterocycles. The Morgan fingerprint density at radius 1 is 1.36 bits per heavy atom. The quantitative estimate of drug-likeness (QED) is 0.529. The van der Waals surface area contributed by atoms with Crippen LogP contribution in [0.3, 0.4) is 0 Å². The molecule has 0 N–H and O–H groups in total. The highest BCUT2D eigenvalue weighted by molar-refractivity contribution is 5.68. The molecule has 2 nitrogen and oxygen atoms in total. The topological polar surface area (TPSA) is 26.3 Å². The van der Waals surface area contributed by atoms with Crippen LogP contribution in [0.25, 0.3) is 6.08 Å². The number of esters is 1. The third kappa shape index (κ3) is 3.44. The molecule has 74 valence electrons. The maximum Gasteiger partial charge on any atom is 0.307 e. The van der Waals surface area contributed by atoms with Crippen molar-refractivity contribution < 1.29 is 9.53 Å². The van der Waals surface area contributed by atoms with Crippen LogP contribution in [0.5, 0.6) is 0 Å². The first-order valence-corrected chi connectivity index (χ1v) is 4.51. The summed E-state index contributed by atoms with van der Waals surface area (Å²) in [6.07, 6.45) is 1.84. The Morgan fingerprint density at radius 3 is 2.64 bits per heavy atom. The van der Waals surface area contributed by atoms with Crippen LogP contribution < -0.4 is 0 Å². The molecule has 1 aromatic rings. The van der Waals surface area contributed by atoms with E-state index in [1.165, 1.54) is 12.5 Å². The van der Waals surface area contributed by atoms with Crippen molar-refractivity contribution in [3.8, 4) is 0 Å². The maximum absolute atomic E-state index is 10.6. The zero-order valence-electron chi connectivity index (χ0n) is 8.70. The van der Waals surface area contributed by atoms with Crippen LogP contribution in [0.15, 0.2) is 30.0 Å². The predicted octanol–water partition coefficient (Wildman–Crippen LogP) is 2.92. The summed E-state index contributed by atoms with van der Waals surface area (Å²) in [4.78, 5) is 10.6. The average Bonchev–Trinajstić information content (AvgIpc) is 2.01. The highest BCUT2D eigenvalue weighted by Crippen LogP contribution is 2.09. The van der Waals surface area contributed by atoms with Gasteiger partial charge in [0, 0.05) is 6.92 Å². The molecular formula is C12H14O2. The van der Waals surface area contributed by atoms with Gasteiger partial charge in [0.25, 0.3) is 0 Å². The normalized spacial score (nSPS) is 11.2. The van der Waals surface area contributed by atoms with Crippen LogP contribution in [0.1, 0.15) is 25.0 Å². The number of carbonyl (C=O) groups excluding carboxylic acids is 1. The molecule has 0 aromatic heterocycles. The van der Waals surface area contributed by atoms with Gasteiger partial charge in [0.2, 0.25) is 0 Å². The molecule has 1 rings (SSSR count). The molecule has 0 aliphatic rings. The van der Waals surface area contributed by atoms with Crippen LogP contribution in [-0.2, 0) is 9.53 Å². The summed E-state index contributed by atoms with van der Waals surface area (Å²) in [6, 6.07) is 8.01. The summed E-state index contributed by atoms with van der Waals surface area (Å²) in [5, 5.41) is 0. The van der Waals surface area contributed by atoms with E-state index in [1.807, 2.05) is 37.3 Å². The molecule has 0 fully saturated rings. The number of hydrogen-bond donors (Lipinski definition) is 0. The monoisotopic (exact) mass is 190 g/mol. The van der Waals surface area contributed by atoms with Gasteiger partial charge in [-0.1, -0.05) is 29.8 Å². The van der Waals surface area contributed by atoms with Crippen LogP contribution in [0.2, 0.25) is 0 Å². The van der Waals surface area contributed by atoms with Gasteiger partial charge >= 0.3 is 5.97 Å². The zero-order valence-corrected chi connectivity index (χ0v) is 8.70. The lowest BCUT2D eigenvalue weighted by molar-refractivity contribution is -0.136. The summed E-state index contributed by atoms with van der Waals surface area (Å²) in [6.45, 7) is 5.19. The lowest BCUT2D eigenvalue weighted by Gasteiger charge is -2.01. The van der Waals surface area contributed by atoms with Crippen molar-refractivity contribution in [3.05, 3.63) is 41.2 Å². The minimum absolute atomic E-state index is 0.286. The van der Waals surface area contributed by atoms with Crippen LogP contribution in [0.4, 0.5) is 0 Å². The fourth-order valence-electron chi connectivity index (χ4n) is 1.25. The SMILES string of the molecule is CC(=O)O/C(C)=C/c1cccc(C)c1. The first-order chi connectivity index (χ1) is 6.58. The predicted molar refractivity (Wildman–Crippen MR) is 56.6 cm³/mol. The summed E-state index contributed by atoms with van der Waals surface area (Å²) in [7, 11) is 0. The van der Waals surface area contributed by atoms with Crippen molar-refractivity contribution in [2.24, 2.45) is 0 Å². The molecule has 0 aliphatic carbocycles. The van der Waals surface area contributed by atoms with Gasteiger partial charge in [0.05, 0.1) is 0 Å². The molecule has 2 heteroatoms. The van der Waals surface area contributed by atoms with Gasteiger partial charge in [-0.3, -0.25) is 4.79 Å². The first-order valence-electron chi connectivity index (χ1n) is 4.51. The fourth-order valence-corrected chi connectivity index (χ4v) is 1.25. The summed E-state index contributed by atoms with van der Waals surface area (Å²) in [5.74, 6) is 0.328. The number of allylic oxidation sites excluding steroid dienone is 1. The number of carbonyl (C=O) groups is 1. The minimum atomic E-state index is -0.286. The lowest BCUT2D eigenvalue weighted by atomic mass is 10.1.